The van der Waals surface area contributed by atoms with Crippen LogP contribution in [-0.2, 0) is 20.8 Å². The molecule has 0 heterocycles. The average Bonchev–Trinajstić information content (AvgIpc) is 2.25. The molecule has 10 heteroatoms. The van der Waals surface area contributed by atoms with E-state index in [-0.39, 0.29) is 15.7 Å². The molecular formula is C11H15ClN2O5S2. The molecule has 0 saturated carbocycles. The summed E-state index contributed by atoms with van der Waals surface area (Å²) in [5.41, 5.74) is -0.183. The van der Waals surface area contributed by atoms with Crippen molar-refractivity contribution in [3.05, 3.63) is 32.8 Å². The molecule has 0 fully saturated rings. The van der Waals surface area contributed by atoms with Gasteiger partial charge < -0.3 is 0 Å². The highest BCUT2D eigenvalue weighted by Crippen LogP contribution is 2.30. The molecule has 2 unspecified atom stereocenters. The van der Waals surface area contributed by atoms with Crippen LogP contribution in [0.1, 0.15) is 12.5 Å². The van der Waals surface area contributed by atoms with Crippen molar-refractivity contribution in [3.63, 3.8) is 0 Å². The lowest BCUT2D eigenvalue weighted by Gasteiger charge is -2.14. The Morgan fingerprint density at radius 2 is 2.05 bits per heavy atom. The van der Waals surface area contributed by atoms with E-state index in [1.54, 1.807) is 6.92 Å². The van der Waals surface area contributed by atoms with Gasteiger partial charge in [0.15, 0.2) is 0 Å². The van der Waals surface area contributed by atoms with Gasteiger partial charge in [0.25, 0.3) is 5.69 Å². The van der Waals surface area contributed by atoms with E-state index in [0.29, 0.717) is 5.56 Å². The normalized spacial score (nSPS) is 14.7. The van der Waals surface area contributed by atoms with E-state index < -0.39 is 37.5 Å². The molecule has 0 spiro atoms. The Hall–Kier alpha value is -1.03. The average molecular weight is 355 g/mol. The summed E-state index contributed by atoms with van der Waals surface area (Å²) in [5.74, 6) is 0.147. The number of nitrogens with zero attached hydrogens (tertiary/aromatic N) is 1. The zero-order chi connectivity index (χ0) is 16.4. The molecule has 0 aliphatic rings. The zero-order valence-electron chi connectivity index (χ0n) is 11.6. The van der Waals surface area contributed by atoms with Crippen LogP contribution in [-0.4, -0.2) is 35.6 Å². The molecule has 1 aromatic carbocycles. The Kier molecular flexibility index (Phi) is 5.85. The van der Waals surface area contributed by atoms with Crippen LogP contribution in [0.4, 0.5) is 5.69 Å². The molecule has 0 bridgehead atoms. The van der Waals surface area contributed by atoms with Crippen LogP contribution in [0.5, 0.6) is 0 Å². The molecule has 7 nitrogen and oxygen atoms in total. The van der Waals surface area contributed by atoms with Gasteiger partial charge in [0.05, 0.1) is 9.82 Å². The SMILES string of the molecule is Cc1cc(Cl)c([N+](=O)[O-])cc1S(=O)(=O)NC(C)CS(C)=O. The standard InChI is InChI=1S/C11H15ClN2O5S2/c1-7-4-9(12)10(14(15)16)5-11(7)21(18,19)13-8(2)6-20(3)17/h4-5,8,13H,6H2,1-3H3. The summed E-state index contributed by atoms with van der Waals surface area (Å²) >= 11 is 5.72. The van der Waals surface area contributed by atoms with Crippen LogP contribution in [0.25, 0.3) is 0 Å². The molecule has 0 saturated heterocycles. The minimum atomic E-state index is -3.96. The Morgan fingerprint density at radius 1 is 1.48 bits per heavy atom. The second-order valence-corrected chi connectivity index (χ2v) is 8.16. The first-order valence-electron chi connectivity index (χ1n) is 5.81. The molecule has 0 amide bonds. The second-order valence-electron chi connectivity index (χ2n) is 4.59. The molecule has 0 aliphatic carbocycles. The van der Waals surface area contributed by atoms with Crippen molar-refractivity contribution < 1.29 is 17.6 Å². The third-order valence-electron chi connectivity index (χ3n) is 2.57. The summed E-state index contributed by atoms with van der Waals surface area (Å²) in [7, 11) is -5.12. The van der Waals surface area contributed by atoms with E-state index in [0.717, 1.165) is 6.07 Å². The highest BCUT2D eigenvalue weighted by molar-refractivity contribution is 7.89. The maximum Gasteiger partial charge on any atom is 0.289 e. The van der Waals surface area contributed by atoms with E-state index in [1.807, 2.05) is 0 Å². The fraction of sp³-hybridized carbons (Fsp3) is 0.455. The Bertz CT molecular complexity index is 690. The number of sulfonamides is 1. The first kappa shape index (κ1) is 18.0. The van der Waals surface area contributed by atoms with Gasteiger partial charge in [-0.25, -0.2) is 13.1 Å². The first-order chi connectivity index (χ1) is 9.54. The van der Waals surface area contributed by atoms with Gasteiger partial charge in [0.1, 0.15) is 5.02 Å². The minimum absolute atomic E-state index is 0.126. The molecule has 1 aromatic rings. The van der Waals surface area contributed by atoms with E-state index in [2.05, 4.69) is 4.72 Å². The number of benzene rings is 1. The summed E-state index contributed by atoms with van der Waals surface area (Å²) in [6.07, 6.45) is 1.46. The van der Waals surface area contributed by atoms with Crippen LogP contribution >= 0.6 is 11.6 Å². The smallest absolute Gasteiger partial charge is 0.260 e. The summed E-state index contributed by atoms with van der Waals surface area (Å²) < 4.78 is 38.0. The van der Waals surface area contributed by atoms with Crippen molar-refractivity contribution >= 4 is 38.1 Å². The van der Waals surface area contributed by atoms with Gasteiger partial charge >= 0.3 is 0 Å². The maximum atomic E-state index is 12.3. The van der Waals surface area contributed by atoms with Crippen molar-refractivity contribution in [1.29, 1.82) is 0 Å². The van der Waals surface area contributed by atoms with Crippen LogP contribution < -0.4 is 4.72 Å². The third kappa shape index (κ3) is 4.73. The minimum Gasteiger partial charge on any atom is -0.260 e. The number of nitro groups is 1. The zero-order valence-corrected chi connectivity index (χ0v) is 14.0. The van der Waals surface area contributed by atoms with Crippen molar-refractivity contribution in [3.8, 4) is 0 Å². The number of nitro benzene ring substituents is 1. The Labute approximate surface area is 130 Å². The fourth-order valence-corrected chi connectivity index (χ4v) is 4.46. The molecule has 0 radical (unpaired) electrons. The molecular weight excluding hydrogens is 340 g/mol. The topological polar surface area (TPSA) is 106 Å². The van der Waals surface area contributed by atoms with Crippen LogP contribution in [0.15, 0.2) is 17.0 Å². The van der Waals surface area contributed by atoms with Crippen molar-refractivity contribution in [1.82, 2.24) is 4.72 Å². The van der Waals surface area contributed by atoms with Gasteiger partial charge in [-0.3, -0.25) is 14.3 Å². The summed E-state index contributed by atoms with van der Waals surface area (Å²) in [6.45, 7) is 3.06. The van der Waals surface area contributed by atoms with Crippen molar-refractivity contribution in [2.75, 3.05) is 12.0 Å². The van der Waals surface area contributed by atoms with Gasteiger partial charge in [-0.15, -0.1) is 0 Å². The maximum absolute atomic E-state index is 12.3. The van der Waals surface area contributed by atoms with Crippen molar-refractivity contribution in [2.24, 2.45) is 0 Å². The molecule has 118 valence electrons. The van der Waals surface area contributed by atoms with Gasteiger partial charge in [0, 0.05) is 34.9 Å². The van der Waals surface area contributed by atoms with Crippen LogP contribution in [0.2, 0.25) is 5.02 Å². The largest absolute Gasteiger partial charge is 0.289 e. The number of aryl methyl sites for hydroxylation is 1. The van der Waals surface area contributed by atoms with E-state index in [4.69, 9.17) is 11.6 Å². The number of nitrogens with one attached hydrogen (secondary N) is 1. The molecule has 1 N–H and O–H groups in total. The Morgan fingerprint density at radius 3 is 2.52 bits per heavy atom. The Balaban J connectivity index is 3.22. The highest BCUT2D eigenvalue weighted by atomic mass is 35.5. The molecule has 21 heavy (non-hydrogen) atoms. The molecule has 0 aromatic heterocycles. The number of hydrogen-bond acceptors (Lipinski definition) is 5. The van der Waals surface area contributed by atoms with E-state index in [9.17, 15) is 22.7 Å². The molecule has 2 atom stereocenters. The van der Waals surface area contributed by atoms with Crippen molar-refractivity contribution in [2.45, 2.75) is 24.8 Å². The fourth-order valence-electron chi connectivity index (χ4n) is 1.79. The summed E-state index contributed by atoms with van der Waals surface area (Å²) in [5, 5.41) is 10.7. The van der Waals surface area contributed by atoms with Gasteiger partial charge in [0.2, 0.25) is 10.0 Å². The van der Waals surface area contributed by atoms with Gasteiger partial charge in [-0.1, -0.05) is 11.6 Å². The van der Waals surface area contributed by atoms with Crippen LogP contribution in [0, 0.1) is 17.0 Å². The monoisotopic (exact) mass is 354 g/mol. The number of halogens is 1. The summed E-state index contributed by atoms with van der Waals surface area (Å²) in [6, 6.07) is 1.60. The van der Waals surface area contributed by atoms with E-state index in [1.165, 1.54) is 19.2 Å². The lowest BCUT2D eigenvalue weighted by Crippen LogP contribution is -2.36. The lowest BCUT2D eigenvalue weighted by molar-refractivity contribution is -0.384. The van der Waals surface area contributed by atoms with Crippen LogP contribution in [0.3, 0.4) is 0 Å². The second kappa shape index (κ2) is 6.82. The predicted molar refractivity (Wildman–Crippen MR) is 81.6 cm³/mol. The number of hydrogen-bond donors (Lipinski definition) is 1. The quantitative estimate of drug-likeness (QED) is 0.616. The van der Waals surface area contributed by atoms with Gasteiger partial charge in [-0.05, 0) is 25.5 Å². The highest BCUT2D eigenvalue weighted by Gasteiger charge is 2.25. The summed E-state index contributed by atoms with van der Waals surface area (Å²) in [4.78, 5) is 9.89. The molecule has 1 rings (SSSR count). The number of rotatable bonds is 6. The first-order valence-corrected chi connectivity index (χ1v) is 9.40. The lowest BCUT2D eigenvalue weighted by atomic mass is 10.2. The predicted octanol–water partition coefficient (Wildman–Crippen LogP) is 1.60. The molecule has 0 aliphatic heterocycles. The van der Waals surface area contributed by atoms with E-state index >= 15 is 0 Å². The van der Waals surface area contributed by atoms with Gasteiger partial charge in [-0.2, -0.15) is 0 Å². The third-order valence-corrected chi connectivity index (χ3v) is 5.58.